The molecule has 0 bridgehead atoms. The second kappa shape index (κ2) is 19.1. The average molecular weight is 507 g/mol. The molecule has 1 aromatic carbocycles. The largest absolute Gasteiger partial charge is 0.490 e. The zero-order valence-electron chi connectivity index (χ0n) is 22.2. The molecule has 2 aromatic rings. The van der Waals surface area contributed by atoms with Crippen molar-refractivity contribution in [3.63, 3.8) is 0 Å². The van der Waals surface area contributed by atoms with E-state index in [1.165, 1.54) is 115 Å². The number of rotatable bonds is 21. The maximum atomic E-state index is 13.4. The van der Waals surface area contributed by atoms with Crippen molar-refractivity contribution >= 4 is 0 Å². The van der Waals surface area contributed by atoms with Gasteiger partial charge in [-0.2, -0.15) is 0 Å². The van der Waals surface area contributed by atoms with Gasteiger partial charge in [0.05, 0.1) is 19.0 Å². The Hall–Kier alpha value is -2.11. The Morgan fingerprint density at radius 1 is 0.583 bits per heavy atom. The van der Waals surface area contributed by atoms with E-state index < -0.39 is 17.5 Å². The van der Waals surface area contributed by atoms with Crippen LogP contribution in [-0.4, -0.2) is 16.6 Å². The zero-order chi connectivity index (χ0) is 25.8. The molecule has 2 rings (SSSR count). The third kappa shape index (κ3) is 12.7. The van der Waals surface area contributed by atoms with E-state index in [0.29, 0.717) is 12.4 Å². The fourth-order valence-electron chi connectivity index (χ4n) is 4.42. The van der Waals surface area contributed by atoms with Crippen LogP contribution in [0.25, 0.3) is 11.4 Å². The SMILES string of the molecule is CCCCCCCCCCCCCCCCCCCCOc1cnc(-c2cc(F)c(F)c(F)c2)nc1. The third-order valence-corrected chi connectivity index (χ3v) is 6.64. The molecule has 202 valence electrons. The lowest BCUT2D eigenvalue weighted by Crippen LogP contribution is -2.00. The fraction of sp³-hybridized carbons (Fsp3) is 0.667. The summed E-state index contributed by atoms with van der Waals surface area (Å²) in [6, 6.07) is 1.76. The first-order chi connectivity index (χ1) is 17.6. The summed E-state index contributed by atoms with van der Waals surface area (Å²) in [5.41, 5.74) is 0.0847. The van der Waals surface area contributed by atoms with Crippen LogP contribution in [0, 0.1) is 17.5 Å². The van der Waals surface area contributed by atoms with Crippen molar-refractivity contribution in [1.82, 2.24) is 9.97 Å². The number of nitrogens with zero attached hydrogens (tertiary/aromatic N) is 2. The molecule has 0 radical (unpaired) electrons. The summed E-state index contributed by atoms with van der Waals surface area (Å²) in [5, 5.41) is 0. The second-order valence-electron chi connectivity index (χ2n) is 9.86. The molecule has 0 saturated carbocycles. The fourth-order valence-corrected chi connectivity index (χ4v) is 4.42. The Morgan fingerprint density at radius 2 is 0.972 bits per heavy atom. The Morgan fingerprint density at radius 3 is 1.39 bits per heavy atom. The Bertz CT molecular complexity index is 806. The van der Waals surface area contributed by atoms with Gasteiger partial charge in [-0.15, -0.1) is 0 Å². The van der Waals surface area contributed by atoms with E-state index in [9.17, 15) is 13.2 Å². The van der Waals surface area contributed by atoms with Crippen LogP contribution in [0.4, 0.5) is 13.2 Å². The molecule has 0 fully saturated rings. The maximum absolute atomic E-state index is 13.4. The van der Waals surface area contributed by atoms with Crippen molar-refractivity contribution in [2.45, 2.75) is 122 Å². The summed E-state index contributed by atoms with van der Waals surface area (Å²) in [5.74, 6) is -3.39. The van der Waals surface area contributed by atoms with Gasteiger partial charge in [-0.05, 0) is 18.6 Å². The van der Waals surface area contributed by atoms with Gasteiger partial charge < -0.3 is 4.74 Å². The molecule has 6 heteroatoms. The first-order valence-corrected chi connectivity index (χ1v) is 14.2. The van der Waals surface area contributed by atoms with Crippen LogP contribution < -0.4 is 4.74 Å². The lowest BCUT2D eigenvalue weighted by atomic mass is 10.0. The monoisotopic (exact) mass is 506 g/mol. The van der Waals surface area contributed by atoms with E-state index in [1.54, 1.807) is 0 Å². The minimum Gasteiger partial charge on any atom is -0.490 e. The lowest BCUT2D eigenvalue weighted by molar-refractivity contribution is 0.302. The summed E-state index contributed by atoms with van der Waals surface area (Å²) in [7, 11) is 0. The van der Waals surface area contributed by atoms with Crippen molar-refractivity contribution in [1.29, 1.82) is 0 Å². The van der Waals surface area contributed by atoms with Crippen LogP contribution >= 0.6 is 0 Å². The van der Waals surface area contributed by atoms with E-state index in [-0.39, 0.29) is 11.4 Å². The van der Waals surface area contributed by atoms with Crippen LogP contribution in [0.2, 0.25) is 0 Å². The van der Waals surface area contributed by atoms with Gasteiger partial charge in [0.1, 0.15) is 0 Å². The molecule has 1 heterocycles. The molecule has 0 aliphatic heterocycles. The molecule has 36 heavy (non-hydrogen) atoms. The summed E-state index contributed by atoms with van der Waals surface area (Å²) in [6.07, 6.45) is 27.0. The topological polar surface area (TPSA) is 35.0 Å². The van der Waals surface area contributed by atoms with Crippen molar-refractivity contribution in [2.75, 3.05) is 6.61 Å². The summed E-state index contributed by atoms with van der Waals surface area (Å²) in [6.45, 7) is 2.86. The van der Waals surface area contributed by atoms with Crippen LogP contribution in [0.3, 0.4) is 0 Å². The van der Waals surface area contributed by atoms with Gasteiger partial charge in [0.15, 0.2) is 29.0 Å². The highest BCUT2D eigenvalue weighted by molar-refractivity contribution is 5.55. The molecule has 1 aromatic heterocycles. The molecule has 0 aliphatic rings. The lowest BCUT2D eigenvalue weighted by Gasteiger charge is -2.07. The number of unbranched alkanes of at least 4 members (excludes halogenated alkanes) is 17. The molecule has 0 N–H and O–H groups in total. The second-order valence-corrected chi connectivity index (χ2v) is 9.86. The number of hydrogen-bond acceptors (Lipinski definition) is 3. The molecule has 0 atom stereocenters. The third-order valence-electron chi connectivity index (χ3n) is 6.64. The van der Waals surface area contributed by atoms with E-state index >= 15 is 0 Å². The van der Waals surface area contributed by atoms with E-state index in [0.717, 1.165) is 25.0 Å². The predicted molar refractivity (Wildman–Crippen MR) is 142 cm³/mol. The zero-order valence-corrected chi connectivity index (χ0v) is 22.2. The van der Waals surface area contributed by atoms with Crippen LogP contribution in [0.5, 0.6) is 5.75 Å². The van der Waals surface area contributed by atoms with Crippen LogP contribution in [0.15, 0.2) is 24.5 Å². The number of ether oxygens (including phenoxy) is 1. The normalized spacial score (nSPS) is 11.2. The minimum absolute atomic E-state index is 0.0847. The number of benzene rings is 1. The van der Waals surface area contributed by atoms with Gasteiger partial charge >= 0.3 is 0 Å². The first-order valence-electron chi connectivity index (χ1n) is 14.2. The van der Waals surface area contributed by atoms with Gasteiger partial charge in [0.2, 0.25) is 0 Å². The Balaban J connectivity index is 1.39. The first kappa shape index (κ1) is 30.1. The number of aromatic nitrogens is 2. The predicted octanol–water partition coefficient (Wildman–Crippen LogP) is 9.98. The molecule has 0 unspecified atom stereocenters. The standard InChI is InChI=1S/C30H45F3N2O/c1-2-3-4-5-6-7-8-9-10-11-12-13-14-15-16-17-18-19-20-36-26-23-34-30(35-24-26)25-21-27(31)29(33)28(32)22-25/h21-24H,2-20H2,1H3. The van der Waals surface area contributed by atoms with Gasteiger partial charge in [0, 0.05) is 5.56 Å². The van der Waals surface area contributed by atoms with Crippen molar-refractivity contribution in [2.24, 2.45) is 0 Å². The van der Waals surface area contributed by atoms with Crippen molar-refractivity contribution < 1.29 is 17.9 Å². The van der Waals surface area contributed by atoms with Gasteiger partial charge in [-0.1, -0.05) is 116 Å². The summed E-state index contributed by atoms with van der Waals surface area (Å²) >= 11 is 0. The highest BCUT2D eigenvalue weighted by Crippen LogP contribution is 2.22. The highest BCUT2D eigenvalue weighted by Gasteiger charge is 2.13. The molecule has 0 saturated heterocycles. The maximum Gasteiger partial charge on any atom is 0.194 e. The highest BCUT2D eigenvalue weighted by atomic mass is 19.2. The molecular weight excluding hydrogens is 461 g/mol. The Labute approximate surface area is 216 Å². The quantitative estimate of drug-likeness (QED) is 0.125. The average Bonchev–Trinajstić information content (AvgIpc) is 2.88. The minimum atomic E-state index is -1.50. The summed E-state index contributed by atoms with van der Waals surface area (Å²) < 4.78 is 45.5. The van der Waals surface area contributed by atoms with Gasteiger partial charge in [-0.25, -0.2) is 23.1 Å². The summed E-state index contributed by atoms with van der Waals surface area (Å²) in [4.78, 5) is 8.14. The Kier molecular flexibility index (Phi) is 15.9. The van der Waals surface area contributed by atoms with Crippen LogP contribution in [-0.2, 0) is 0 Å². The van der Waals surface area contributed by atoms with E-state index in [2.05, 4.69) is 16.9 Å². The van der Waals surface area contributed by atoms with E-state index in [1.807, 2.05) is 0 Å². The molecule has 0 spiro atoms. The van der Waals surface area contributed by atoms with E-state index in [4.69, 9.17) is 4.74 Å². The molecular formula is C30H45F3N2O. The number of hydrogen-bond donors (Lipinski definition) is 0. The molecule has 3 nitrogen and oxygen atoms in total. The van der Waals surface area contributed by atoms with Crippen LogP contribution in [0.1, 0.15) is 122 Å². The van der Waals surface area contributed by atoms with Gasteiger partial charge in [0.25, 0.3) is 0 Å². The molecule has 0 amide bonds. The number of halogens is 3. The molecule has 0 aliphatic carbocycles. The smallest absolute Gasteiger partial charge is 0.194 e. The van der Waals surface area contributed by atoms with Crippen molar-refractivity contribution in [3.8, 4) is 17.1 Å². The van der Waals surface area contributed by atoms with Crippen molar-refractivity contribution in [3.05, 3.63) is 42.0 Å². The van der Waals surface area contributed by atoms with Gasteiger partial charge in [-0.3, -0.25) is 0 Å².